The predicted molar refractivity (Wildman–Crippen MR) is 188 cm³/mol. The van der Waals surface area contributed by atoms with E-state index in [0.717, 1.165) is 31.9 Å². The average molecular weight is 750 g/mol. The second-order valence-corrected chi connectivity index (χ2v) is 16.4. The van der Waals surface area contributed by atoms with Gasteiger partial charge in [-0.1, -0.05) is 19.3 Å². The molecule has 4 heterocycles. The number of nitrogens with zero attached hydrogens (tertiary/aromatic N) is 6. The molecule has 10 rings (SSSR count). The van der Waals surface area contributed by atoms with E-state index in [1.165, 1.54) is 11.0 Å². The number of nitrogens with one attached hydrogen (secondary N) is 1. The molecule has 2 N–H and O–H groups in total. The number of fused-ring (bicyclic) bond motifs is 2. The number of hydrogen-bond donors (Lipinski definition) is 2. The van der Waals surface area contributed by atoms with E-state index < -0.39 is 46.1 Å². The highest BCUT2D eigenvalue weighted by Crippen LogP contribution is 2.59. The minimum atomic E-state index is -5.05. The van der Waals surface area contributed by atoms with Crippen molar-refractivity contribution in [2.45, 2.75) is 100 Å². The monoisotopic (exact) mass is 749 g/mol. The van der Waals surface area contributed by atoms with Gasteiger partial charge in [-0.15, -0.1) is 0 Å². The molecule has 7 aliphatic rings. The SMILES string of the molecule is O=C(NC1(C(=O)O)C2CC3CC(C2)CC1C3)c1cnc(N2CC3(CCCCC3)c3c2ccc(OC2CCN(c4ncccn4)CC2)c3F)nc1C(F)(F)F. The maximum absolute atomic E-state index is 16.8. The van der Waals surface area contributed by atoms with Crippen LogP contribution in [-0.2, 0) is 16.4 Å². The van der Waals surface area contributed by atoms with Gasteiger partial charge in [-0.2, -0.15) is 13.2 Å². The van der Waals surface area contributed by atoms with Crippen LogP contribution in [0.15, 0.2) is 36.8 Å². The second kappa shape index (κ2) is 13.0. The van der Waals surface area contributed by atoms with Crippen molar-refractivity contribution in [1.29, 1.82) is 0 Å². The molecule has 5 aliphatic carbocycles. The number of aliphatic carboxylic acids is 1. The van der Waals surface area contributed by atoms with Crippen molar-refractivity contribution >= 4 is 29.5 Å². The molecule has 0 atom stereocenters. The summed E-state index contributed by atoms with van der Waals surface area (Å²) in [5.74, 6) is -2.38. The lowest BCUT2D eigenvalue weighted by Crippen LogP contribution is -2.70. The van der Waals surface area contributed by atoms with Crippen LogP contribution in [0.5, 0.6) is 5.75 Å². The fourth-order valence-corrected chi connectivity index (χ4v) is 11.1. The Labute approximate surface area is 309 Å². The lowest BCUT2D eigenvalue weighted by atomic mass is 9.48. The van der Waals surface area contributed by atoms with Gasteiger partial charge in [0.25, 0.3) is 5.91 Å². The smallest absolute Gasteiger partial charge is 0.434 e. The first-order valence-electron chi connectivity index (χ1n) is 19.2. The van der Waals surface area contributed by atoms with Gasteiger partial charge in [-0.05, 0) is 86.8 Å². The molecular formula is C39H43F4N7O4. The molecule has 54 heavy (non-hydrogen) atoms. The van der Waals surface area contributed by atoms with Crippen molar-refractivity contribution in [3.05, 3.63) is 59.4 Å². The zero-order valence-corrected chi connectivity index (χ0v) is 29.8. The number of carbonyl (C=O) groups is 2. The Balaban J connectivity index is 1.01. The third kappa shape index (κ3) is 5.75. The van der Waals surface area contributed by atoms with Crippen molar-refractivity contribution in [2.75, 3.05) is 29.4 Å². The molecule has 3 aromatic rings. The molecule has 0 radical (unpaired) electrons. The fraction of sp³-hybridized carbons (Fsp3) is 0.590. The van der Waals surface area contributed by atoms with Crippen LogP contribution in [0.25, 0.3) is 0 Å². The first kappa shape index (κ1) is 35.2. The number of benzene rings is 1. The van der Waals surface area contributed by atoms with Gasteiger partial charge in [-0.3, -0.25) is 4.79 Å². The Morgan fingerprint density at radius 1 is 0.907 bits per heavy atom. The average Bonchev–Trinajstić information content (AvgIpc) is 3.47. The van der Waals surface area contributed by atoms with Crippen molar-refractivity contribution in [2.24, 2.45) is 23.7 Å². The number of ether oxygens (including phenoxy) is 1. The van der Waals surface area contributed by atoms with E-state index in [2.05, 4.69) is 30.2 Å². The van der Waals surface area contributed by atoms with Crippen LogP contribution in [0.2, 0.25) is 0 Å². The molecule has 1 aromatic carbocycles. The number of rotatable bonds is 7. The van der Waals surface area contributed by atoms with Gasteiger partial charge in [0, 0.05) is 62.0 Å². The number of halogens is 4. The number of carbonyl (C=O) groups excluding carboxylic acids is 1. The summed E-state index contributed by atoms with van der Waals surface area (Å²) in [7, 11) is 0. The molecule has 1 saturated heterocycles. The van der Waals surface area contributed by atoms with E-state index >= 15 is 4.39 Å². The first-order chi connectivity index (χ1) is 25.9. The summed E-state index contributed by atoms with van der Waals surface area (Å²) >= 11 is 0. The lowest BCUT2D eigenvalue weighted by Gasteiger charge is -2.59. The van der Waals surface area contributed by atoms with Gasteiger partial charge in [-0.25, -0.2) is 29.1 Å². The topological polar surface area (TPSA) is 134 Å². The van der Waals surface area contributed by atoms with Gasteiger partial charge in [0.15, 0.2) is 17.3 Å². The van der Waals surface area contributed by atoms with Crippen LogP contribution in [0.3, 0.4) is 0 Å². The summed E-state index contributed by atoms with van der Waals surface area (Å²) in [4.78, 5) is 47.1. The van der Waals surface area contributed by atoms with Gasteiger partial charge < -0.3 is 25.0 Å². The molecule has 4 bridgehead atoms. The van der Waals surface area contributed by atoms with Gasteiger partial charge in [0.2, 0.25) is 11.9 Å². The molecule has 0 unspecified atom stereocenters. The van der Waals surface area contributed by atoms with E-state index in [-0.39, 0.29) is 36.2 Å². The molecule has 2 aromatic heterocycles. The van der Waals surface area contributed by atoms with Crippen LogP contribution in [0.4, 0.5) is 35.1 Å². The van der Waals surface area contributed by atoms with E-state index in [1.807, 2.05) is 0 Å². The number of carboxylic acids is 1. The van der Waals surface area contributed by atoms with Gasteiger partial charge >= 0.3 is 12.1 Å². The van der Waals surface area contributed by atoms with Crippen LogP contribution in [0, 0.1) is 29.5 Å². The van der Waals surface area contributed by atoms with Crippen molar-refractivity contribution in [3.63, 3.8) is 0 Å². The Kier molecular flexibility index (Phi) is 8.49. The van der Waals surface area contributed by atoms with Crippen LogP contribution >= 0.6 is 0 Å². The third-order valence-electron chi connectivity index (χ3n) is 13.4. The van der Waals surface area contributed by atoms with Crippen LogP contribution < -0.4 is 19.9 Å². The van der Waals surface area contributed by atoms with Crippen molar-refractivity contribution in [3.8, 4) is 5.75 Å². The first-order valence-corrected chi connectivity index (χ1v) is 19.2. The molecule has 1 spiro atoms. The third-order valence-corrected chi connectivity index (χ3v) is 13.4. The number of piperidine rings is 1. The van der Waals surface area contributed by atoms with E-state index in [0.29, 0.717) is 93.5 Å². The summed E-state index contributed by atoms with van der Waals surface area (Å²) in [5.41, 5.74) is -3.82. The Bertz CT molecular complexity index is 1920. The molecule has 5 saturated carbocycles. The largest absolute Gasteiger partial charge is 0.487 e. The van der Waals surface area contributed by atoms with E-state index in [1.54, 1.807) is 24.5 Å². The molecule has 2 aliphatic heterocycles. The summed E-state index contributed by atoms with van der Waals surface area (Å²) in [6.07, 6.45) is 7.66. The van der Waals surface area contributed by atoms with Crippen molar-refractivity contribution in [1.82, 2.24) is 25.3 Å². The zero-order valence-electron chi connectivity index (χ0n) is 29.8. The Morgan fingerprint density at radius 2 is 1.57 bits per heavy atom. The number of amides is 1. The minimum Gasteiger partial charge on any atom is -0.487 e. The highest BCUT2D eigenvalue weighted by Gasteiger charge is 2.62. The minimum absolute atomic E-state index is 0.107. The predicted octanol–water partition coefficient (Wildman–Crippen LogP) is 6.84. The molecule has 286 valence electrons. The molecule has 1 amide bonds. The number of anilines is 3. The maximum Gasteiger partial charge on any atom is 0.434 e. The molecular weight excluding hydrogens is 706 g/mol. The number of alkyl halides is 3. The Hall–Kier alpha value is -4.56. The van der Waals surface area contributed by atoms with Crippen molar-refractivity contribution < 1.29 is 37.0 Å². The van der Waals surface area contributed by atoms with E-state index in [4.69, 9.17) is 4.74 Å². The lowest BCUT2D eigenvalue weighted by molar-refractivity contribution is -0.163. The van der Waals surface area contributed by atoms with Gasteiger partial charge in [0.05, 0.1) is 11.3 Å². The highest BCUT2D eigenvalue weighted by atomic mass is 19.4. The summed E-state index contributed by atoms with van der Waals surface area (Å²) < 4.78 is 67.5. The number of hydrogen-bond acceptors (Lipinski definition) is 9. The summed E-state index contributed by atoms with van der Waals surface area (Å²) in [6.45, 7) is 1.46. The molecule has 6 fully saturated rings. The maximum atomic E-state index is 16.8. The quantitative estimate of drug-likeness (QED) is 0.248. The molecule has 11 nitrogen and oxygen atoms in total. The van der Waals surface area contributed by atoms with E-state index in [9.17, 15) is 27.9 Å². The van der Waals surface area contributed by atoms with Gasteiger partial charge in [0.1, 0.15) is 11.6 Å². The fourth-order valence-electron chi connectivity index (χ4n) is 11.1. The summed E-state index contributed by atoms with van der Waals surface area (Å²) in [6, 6.07) is 4.95. The normalized spacial score (nSPS) is 28.7. The highest BCUT2D eigenvalue weighted by molar-refractivity contribution is 5.99. The summed E-state index contributed by atoms with van der Waals surface area (Å²) in [5, 5.41) is 13.1. The van der Waals surface area contributed by atoms with Crippen LogP contribution in [-0.4, -0.2) is 68.2 Å². The Morgan fingerprint density at radius 3 is 2.20 bits per heavy atom. The zero-order chi connectivity index (χ0) is 37.4. The van der Waals surface area contributed by atoms with Crippen LogP contribution in [0.1, 0.15) is 98.7 Å². The second-order valence-electron chi connectivity index (χ2n) is 16.4. The number of aromatic nitrogens is 4. The number of carboxylic acid groups (broad SMARTS) is 1. The molecule has 15 heteroatoms. The standard InChI is InChI=1S/C39H43F4N7O4/c40-31-29(54-26-7-13-49(14-8-26)35-44-11-4-12-45-35)6-5-28-30(31)37(9-2-1-3-10-37)21-50(28)36-46-20-27(32(47-36)39(41,42)43)33(51)48-38(34(52)53)24-16-22-15-23(18-24)19-25(38)17-22/h4-6,11-12,20,22-26H,1-3,7-10,13-19,21H2,(H,48,51)(H,52,53).